The average Bonchev–Trinajstić information content (AvgIpc) is 3.05. The smallest absolute Gasteiger partial charge is 0.496 e. The number of nitrogens with zero attached hydrogens (tertiary/aromatic N) is 1. The minimum absolute atomic E-state index is 0.269. The van der Waals surface area contributed by atoms with Crippen LogP contribution in [0.1, 0.15) is 61.1 Å². The van der Waals surface area contributed by atoms with Crippen LogP contribution < -0.4 is 10.1 Å². The number of carboxylic acid groups (broad SMARTS) is 1. The SMILES string of the molecule is COc1ccccc1CN[C@H]1[C@H]2CC[N@+](CCCCCC(=O)O)(CC2)[C@H]1C(c1ccccc1)c1ccccc1.O=S(=O)(O)C(F)(F)F. The molecule has 0 radical (unpaired) electrons. The van der Waals surface area contributed by atoms with Crippen molar-refractivity contribution >= 4 is 16.1 Å². The van der Waals surface area contributed by atoms with Gasteiger partial charge in [0.05, 0.1) is 38.7 Å². The molecule has 0 unspecified atom stereocenters. The number of methoxy groups -OCH3 is 1. The number of ether oxygens (including phenoxy) is 1. The van der Waals surface area contributed by atoms with E-state index >= 15 is 0 Å². The molecular weight excluding hydrogens is 633 g/mol. The predicted octanol–water partition coefficient (Wildman–Crippen LogP) is 6.63. The molecule has 12 heteroatoms. The Hall–Kier alpha value is -3.45. The van der Waals surface area contributed by atoms with E-state index in [0.29, 0.717) is 18.0 Å². The van der Waals surface area contributed by atoms with Gasteiger partial charge in [-0.3, -0.25) is 9.35 Å². The topological polar surface area (TPSA) is 113 Å². The fourth-order valence-electron chi connectivity index (χ4n) is 7.43. The first-order chi connectivity index (χ1) is 22.4. The van der Waals surface area contributed by atoms with E-state index in [9.17, 15) is 18.0 Å². The number of fused-ring (bicyclic) bond motifs is 3. The molecule has 3 heterocycles. The first kappa shape index (κ1) is 36.4. The van der Waals surface area contributed by atoms with Crippen molar-refractivity contribution in [3.63, 3.8) is 0 Å². The number of hydrogen-bond acceptors (Lipinski definition) is 5. The lowest BCUT2D eigenvalue weighted by atomic mass is 9.68. The van der Waals surface area contributed by atoms with Crippen LogP contribution in [0.25, 0.3) is 0 Å². The number of quaternary nitrogens is 1. The molecule has 0 amide bonds. The number of aliphatic carboxylic acids is 1. The van der Waals surface area contributed by atoms with Gasteiger partial charge in [0, 0.05) is 31.4 Å². The lowest BCUT2D eigenvalue weighted by molar-refractivity contribution is -0.968. The Kier molecular flexibility index (Phi) is 12.5. The van der Waals surface area contributed by atoms with Crippen molar-refractivity contribution in [2.75, 3.05) is 26.7 Å². The van der Waals surface area contributed by atoms with Crippen molar-refractivity contribution in [3.05, 3.63) is 102 Å². The van der Waals surface area contributed by atoms with Gasteiger partial charge in [-0.25, -0.2) is 0 Å². The monoisotopic (exact) mass is 677 g/mol. The summed E-state index contributed by atoms with van der Waals surface area (Å²) in [5.41, 5.74) is -1.57. The van der Waals surface area contributed by atoms with Crippen molar-refractivity contribution in [1.29, 1.82) is 0 Å². The van der Waals surface area contributed by atoms with Crippen LogP contribution in [0.5, 0.6) is 5.75 Å². The molecule has 0 aliphatic carbocycles. The molecule has 0 spiro atoms. The van der Waals surface area contributed by atoms with Gasteiger partial charge >= 0.3 is 21.6 Å². The van der Waals surface area contributed by atoms with Gasteiger partial charge in [0.25, 0.3) is 0 Å². The molecule has 47 heavy (non-hydrogen) atoms. The molecular formula is C35H44F3N2O6S+. The highest BCUT2D eigenvalue weighted by Gasteiger charge is 2.56. The number of carbonyl (C=O) groups is 1. The van der Waals surface area contributed by atoms with Gasteiger partial charge in [0.1, 0.15) is 11.8 Å². The van der Waals surface area contributed by atoms with Crippen molar-refractivity contribution in [2.45, 2.75) is 68.6 Å². The average molecular weight is 678 g/mol. The summed E-state index contributed by atoms with van der Waals surface area (Å²) in [6.07, 6.45) is 5.56. The van der Waals surface area contributed by atoms with Crippen molar-refractivity contribution in [2.24, 2.45) is 5.92 Å². The highest BCUT2D eigenvalue weighted by atomic mass is 32.2. The molecule has 0 saturated carbocycles. The van der Waals surface area contributed by atoms with Crippen LogP contribution in [0.2, 0.25) is 0 Å². The number of piperidine rings is 3. The van der Waals surface area contributed by atoms with E-state index < -0.39 is 21.6 Å². The van der Waals surface area contributed by atoms with Crippen LogP contribution in [0.3, 0.4) is 0 Å². The number of unbranched alkanes of at least 4 members (excludes halogenated alkanes) is 2. The van der Waals surface area contributed by atoms with E-state index in [0.717, 1.165) is 42.6 Å². The second-order valence-electron chi connectivity index (χ2n) is 12.4. The second-order valence-corrected chi connectivity index (χ2v) is 13.8. The van der Waals surface area contributed by atoms with Crippen LogP contribution in [0.4, 0.5) is 13.2 Å². The molecule has 256 valence electrons. The first-order valence-corrected chi connectivity index (χ1v) is 17.4. The van der Waals surface area contributed by atoms with Crippen LogP contribution in [-0.2, 0) is 21.5 Å². The minimum atomic E-state index is -5.84. The van der Waals surface area contributed by atoms with E-state index in [4.69, 9.17) is 22.8 Å². The van der Waals surface area contributed by atoms with Crippen molar-refractivity contribution in [1.82, 2.24) is 5.32 Å². The van der Waals surface area contributed by atoms with E-state index in [-0.39, 0.29) is 12.3 Å². The van der Waals surface area contributed by atoms with E-state index in [1.54, 1.807) is 7.11 Å². The summed E-state index contributed by atoms with van der Waals surface area (Å²) in [5.74, 6) is 1.18. The maximum Gasteiger partial charge on any atom is 0.522 e. The van der Waals surface area contributed by atoms with Gasteiger partial charge in [0.15, 0.2) is 0 Å². The summed E-state index contributed by atoms with van der Waals surface area (Å²) in [7, 11) is -4.09. The number of benzene rings is 3. The van der Waals surface area contributed by atoms with Crippen LogP contribution >= 0.6 is 0 Å². The standard InChI is InChI=1S/C34H42N2O3.CHF3O3S/c1-39-30-18-11-10-17-29(30)25-35-33-28-20-23-36(24-21-28,22-12-4-9-19-31(37)38)34(33)32(26-13-5-2-6-14-26)27-15-7-3-8-16-27;2-1(3,4)8(5,6)7/h2-3,5-8,10-11,13-18,28,32-35H,4,9,12,19-25H2,1H3;(H,5,6,7)/p+1/t28-,33-,34-,36+;/m0./s1. The summed E-state index contributed by atoms with van der Waals surface area (Å²) in [5, 5.41) is 13.2. The molecule has 3 aromatic carbocycles. The molecule has 8 nitrogen and oxygen atoms in total. The van der Waals surface area contributed by atoms with Crippen molar-refractivity contribution in [3.8, 4) is 5.75 Å². The highest BCUT2D eigenvalue weighted by Crippen LogP contribution is 2.47. The highest BCUT2D eigenvalue weighted by molar-refractivity contribution is 7.86. The second kappa shape index (κ2) is 16.1. The number of para-hydroxylation sites is 1. The van der Waals surface area contributed by atoms with E-state index in [1.807, 2.05) is 12.1 Å². The van der Waals surface area contributed by atoms with Crippen molar-refractivity contribution < 1.29 is 45.3 Å². The third-order valence-electron chi connectivity index (χ3n) is 9.56. The maximum atomic E-state index is 11.1. The van der Waals surface area contributed by atoms with Crippen LogP contribution in [-0.4, -0.2) is 72.9 Å². The zero-order valence-corrected chi connectivity index (χ0v) is 27.3. The zero-order valence-electron chi connectivity index (χ0n) is 26.5. The Balaban J connectivity index is 0.000000555. The van der Waals surface area contributed by atoms with Gasteiger partial charge in [0.2, 0.25) is 0 Å². The summed E-state index contributed by atoms with van der Waals surface area (Å²) >= 11 is 0. The number of hydrogen-bond donors (Lipinski definition) is 3. The molecule has 3 N–H and O–H groups in total. The van der Waals surface area contributed by atoms with Gasteiger partial charge in [-0.05, 0) is 42.4 Å². The molecule has 3 aromatic rings. The van der Waals surface area contributed by atoms with E-state index in [1.165, 1.54) is 42.6 Å². The third-order valence-corrected chi connectivity index (χ3v) is 10.1. The first-order valence-electron chi connectivity index (χ1n) is 15.9. The normalized spacial score (nSPS) is 22.4. The lowest BCUT2D eigenvalue weighted by Crippen LogP contribution is -2.74. The molecule has 2 atom stereocenters. The summed E-state index contributed by atoms with van der Waals surface area (Å²) in [6.45, 7) is 4.31. The van der Waals surface area contributed by atoms with Crippen LogP contribution in [0.15, 0.2) is 84.9 Å². The zero-order chi connectivity index (χ0) is 34.1. The molecule has 3 saturated heterocycles. The van der Waals surface area contributed by atoms with Gasteiger partial charge in [-0.15, -0.1) is 0 Å². The number of halogens is 3. The molecule has 3 fully saturated rings. The third kappa shape index (κ3) is 9.34. The van der Waals surface area contributed by atoms with E-state index in [2.05, 4.69) is 78.1 Å². The number of rotatable bonds is 13. The quantitative estimate of drug-likeness (QED) is 0.0806. The Morgan fingerprint density at radius 3 is 1.96 bits per heavy atom. The number of carboxylic acids is 1. The van der Waals surface area contributed by atoms with Gasteiger partial charge in [-0.2, -0.15) is 21.6 Å². The molecule has 2 bridgehead atoms. The fraction of sp³-hybridized carbons (Fsp3) is 0.457. The summed E-state index contributed by atoms with van der Waals surface area (Å²) in [4.78, 5) is 11.1. The summed E-state index contributed by atoms with van der Waals surface area (Å²) in [6, 6.07) is 31.3. The molecule has 3 aliphatic rings. The summed E-state index contributed by atoms with van der Waals surface area (Å²) < 4.78 is 64.3. The molecule has 6 rings (SSSR count). The number of alkyl halides is 3. The predicted molar refractivity (Wildman–Crippen MR) is 173 cm³/mol. The Labute approximate surface area is 274 Å². The Morgan fingerprint density at radius 1 is 0.915 bits per heavy atom. The van der Waals surface area contributed by atoms with Gasteiger partial charge < -0.3 is 19.6 Å². The minimum Gasteiger partial charge on any atom is -0.496 e. The van der Waals surface area contributed by atoms with Crippen LogP contribution in [0, 0.1) is 5.92 Å². The molecule has 0 aromatic heterocycles. The number of nitrogens with one attached hydrogen (secondary N) is 1. The fourth-order valence-corrected chi connectivity index (χ4v) is 7.43. The largest absolute Gasteiger partial charge is 0.522 e. The Bertz CT molecular complexity index is 1490. The molecule has 3 aliphatic heterocycles. The maximum absolute atomic E-state index is 11.1. The van der Waals surface area contributed by atoms with Gasteiger partial charge in [-0.1, -0.05) is 78.9 Å². The lowest BCUT2D eigenvalue weighted by Gasteiger charge is -2.60. The Morgan fingerprint density at radius 2 is 1.45 bits per heavy atom.